The number of nitrogens with two attached hydrogens (primary N) is 1. The van der Waals surface area contributed by atoms with Gasteiger partial charge in [0.15, 0.2) is 0 Å². The zero-order valence-electron chi connectivity index (χ0n) is 14.3. The Morgan fingerprint density at radius 3 is 2.32 bits per heavy atom. The fraction of sp³-hybridized carbons (Fsp3) is 0.556. The van der Waals surface area contributed by atoms with Gasteiger partial charge in [-0.05, 0) is 32.3 Å². The van der Waals surface area contributed by atoms with Gasteiger partial charge in [0, 0.05) is 18.2 Å². The minimum Gasteiger partial charge on any atom is -0.359 e. The van der Waals surface area contributed by atoms with E-state index in [1.54, 1.807) is 0 Å². The summed E-state index contributed by atoms with van der Waals surface area (Å²) in [6.07, 6.45) is 6.91. The quantitative estimate of drug-likeness (QED) is 0.461. The summed E-state index contributed by atoms with van der Waals surface area (Å²) in [6.45, 7) is 15.6. The highest BCUT2D eigenvalue weighted by atomic mass is 19.3. The van der Waals surface area contributed by atoms with Crippen molar-refractivity contribution >= 4 is 0 Å². The molecule has 0 amide bonds. The first-order chi connectivity index (χ1) is 10.2. The Balaban J connectivity index is 5.22. The highest BCUT2D eigenvalue weighted by molar-refractivity contribution is 5.42. The van der Waals surface area contributed by atoms with Gasteiger partial charge in [0.1, 0.15) is 0 Å². The highest BCUT2D eigenvalue weighted by Crippen LogP contribution is 2.29. The van der Waals surface area contributed by atoms with Crippen LogP contribution in [0.5, 0.6) is 0 Å². The molecule has 2 nitrogen and oxygen atoms in total. The molecule has 0 saturated carbocycles. The molecule has 22 heavy (non-hydrogen) atoms. The van der Waals surface area contributed by atoms with Crippen LogP contribution in [-0.2, 0) is 0 Å². The van der Waals surface area contributed by atoms with Crippen LogP contribution in [0.1, 0.15) is 40.5 Å². The first kappa shape index (κ1) is 20.6. The van der Waals surface area contributed by atoms with Gasteiger partial charge >= 0.3 is 0 Å². The molecule has 0 fully saturated rings. The Bertz CT molecular complexity index is 427. The van der Waals surface area contributed by atoms with E-state index in [0.29, 0.717) is 12.2 Å². The van der Waals surface area contributed by atoms with Crippen molar-refractivity contribution < 1.29 is 8.78 Å². The van der Waals surface area contributed by atoms with Gasteiger partial charge in [-0.2, -0.15) is 0 Å². The predicted octanol–water partition coefficient (Wildman–Crippen LogP) is 4.87. The van der Waals surface area contributed by atoms with E-state index in [4.69, 9.17) is 5.73 Å². The van der Waals surface area contributed by atoms with Crippen molar-refractivity contribution in [3.8, 4) is 0 Å². The fourth-order valence-corrected chi connectivity index (χ4v) is 1.94. The van der Waals surface area contributed by atoms with Crippen molar-refractivity contribution in [2.24, 2.45) is 11.7 Å². The van der Waals surface area contributed by atoms with Gasteiger partial charge in [0.25, 0.3) is 0 Å². The Labute approximate surface area is 134 Å². The minimum atomic E-state index is -2.71. The highest BCUT2D eigenvalue weighted by Gasteiger charge is 2.29. The molecule has 0 spiro atoms. The van der Waals surface area contributed by atoms with Crippen molar-refractivity contribution in [3.63, 3.8) is 0 Å². The van der Waals surface area contributed by atoms with E-state index in [0.717, 1.165) is 31.2 Å². The normalized spacial score (nSPS) is 14.2. The maximum atomic E-state index is 13.3. The van der Waals surface area contributed by atoms with E-state index >= 15 is 0 Å². The summed E-state index contributed by atoms with van der Waals surface area (Å²) in [5.41, 5.74) is 8.03. The molecule has 0 radical (unpaired) electrons. The summed E-state index contributed by atoms with van der Waals surface area (Å²) < 4.78 is 26.6. The minimum absolute atomic E-state index is 0.245. The predicted molar refractivity (Wildman–Crippen MR) is 91.6 cm³/mol. The van der Waals surface area contributed by atoms with Crippen LogP contribution in [0.2, 0.25) is 0 Å². The van der Waals surface area contributed by atoms with Crippen molar-refractivity contribution in [2.45, 2.75) is 46.5 Å². The average molecular weight is 312 g/mol. The third-order valence-electron chi connectivity index (χ3n) is 3.64. The molecule has 0 aliphatic rings. The molecule has 2 N–H and O–H groups in total. The van der Waals surface area contributed by atoms with E-state index < -0.39 is 11.8 Å². The van der Waals surface area contributed by atoms with Gasteiger partial charge in [0.05, 0.1) is 6.67 Å². The second-order valence-corrected chi connectivity index (χ2v) is 5.62. The van der Waals surface area contributed by atoms with Gasteiger partial charge in [-0.25, -0.2) is 8.78 Å². The van der Waals surface area contributed by atoms with Crippen LogP contribution < -0.4 is 5.73 Å². The Kier molecular flexibility index (Phi) is 8.95. The SMILES string of the molecule is C=C(/C=C(\C=C/CC)C(=C)N(CC)CN)CC(C)C(C)(F)F. The van der Waals surface area contributed by atoms with Gasteiger partial charge in [0.2, 0.25) is 5.92 Å². The number of rotatable bonds is 10. The first-order valence-electron chi connectivity index (χ1n) is 7.75. The monoisotopic (exact) mass is 312 g/mol. The summed E-state index contributed by atoms with van der Waals surface area (Å²) in [5, 5.41) is 0. The molecule has 0 aliphatic heterocycles. The van der Waals surface area contributed by atoms with E-state index in [-0.39, 0.29) is 6.42 Å². The molecule has 1 unspecified atom stereocenters. The van der Waals surface area contributed by atoms with Crippen LogP contribution >= 0.6 is 0 Å². The molecule has 0 saturated heterocycles. The molecule has 0 bridgehead atoms. The molecule has 4 heteroatoms. The first-order valence-corrected chi connectivity index (χ1v) is 7.75. The standard InChI is InChI=1S/C18H30F2N2/c1-7-9-10-17(16(5)22(8-2)13-21)12-14(3)11-15(4)18(6,19)20/h9-10,12,15H,3,5,7-8,11,13,21H2,1-2,4,6H3/b10-9-,17-12+. The van der Waals surface area contributed by atoms with Crippen LogP contribution in [0, 0.1) is 5.92 Å². The zero-order chi connectivity index (χ0) is 17.3. The number of halogens is 2. The molecular weight excluding hydrogens is 282 g/mol. The molecule has 0 aromatic carbocycles. The summed E-state index contributed by atoms with van der Waals surface area (Å²) in [4.78, 5) is 1.93. The Morgan fingerprint density at radius 1 is 1.32 bits per heavy atom. The molecule has 0 heterocycles. The van der Waals surface area contributed by atoms with E-state index in [9.17, 15) is 8.78 Å². The maximum absolute atomic E-state index is 13.3. The number of hydrogen-bond acceptors (Lipinski definition) is 2. The van der Waals surface area contributed by atoms with Crippen molar-refractivity contribution in [2.75, 3.05) is 13.2 Å². The fourth-order valence-electron chi connectivity index (χ4n) is 1.94. The van der Waals surface area contributed by atoms with Crippen molar-refractivity contribution in [3.05, 3.63) is 48.2 Å². The second-order valence-electron chi connectivity index (χ2n) is 5.62. The third kappa shape index (κ3) is 7.03. The second kappa shape index (κ2) is 9.57. The lowest BCUT2D eigenvalue weighted by molar-refractivity contribution is -0.0317. The van der Waals surface area contributed by atoms with Crippen molar-refractivity contribution in [1.29, 1.82) is 0 Å². The van der Waals surface area contributed by atoms with Crippen LogP contribution in [0.15, 0.2) is 48.2 Å². The summed E-state index contributed by atoms with van der Waals surface area (Å²) in [6, 6.07) is 0. The van der Waals surface area contributed by atoms with E-state index in [1.165, 1.54) is 6.92 Å². The molecule has 0 aromatic rings. The third-order valence-corrected chi connectivity index (χ3v) is 3.64. The lowest BCUT2D eigenvalue weighted by atomic mass is 9.95. The average Bonchev–Trinajstić information content (AvgIpc) is 2.43. The van der Waals surface area contributed by atoms with Gasteiger partial charge in [-0.1, -0.05) is 50.8 Å². The van der Waals surface area contributed by atoms with Crippen LogP contribution in [-0.4, -0.2) is 24.0 Å². The van der Waals surface area contributed by atoms with Crippen LogP contribution in [0.4, 0.5) is 8.78 Å². The molecule has 1 atom stereocenters. The molecule has 0 rings (SSSR count). The number of nitrogens with zero attached hydrogens (tertiary/aromatic N) is 1. The molecule has 0 aliphatic carbocycles. The Hall–Kier alpha value is -1.42. The largest absolute Gasteiger partial charge is 0.359 e. The molecular formula is C18H30F2N2. The summed E-state index contributed by atoms with van der Waals surface area (Å²) in [7, 11) is 0. The maximum Gasteiger partial charge on any atom is 0.248 e. The number of hydrogen-bond donors (Lipinski definition) is 1. The van der Waals surface area contributed by atoms with Gasteiger partial charge < -0.3 is 10.6 Å². The topological polar surface area (TPSA) is 29.3 Å². The summed E-state index contributed by atoms with van der Waals surface area (Å²) in [5.74, 6) is -3.46. The molecule has 0 aromatic heterocycles. The van der Waals surface area contributed by atoms with E-state index in [1.807, 2.05) is 37.0 Å². The lowest BCUT2D eigenvalue weighted by Gasteiger charge is -2.25. The lowest BCUT2D eigenvalue weighted by Crippen LogP contribution is -2.29. The van der Waals surface area contributed by atoms with Crippen LogP contribution in [0.3, 0.4) is 0 Å². The van der Waals surface area contributed by atoms with Gasteiger partial charge in [-0.3, -0.25) is 0 Å². The smallest absolute Gasteiger partial charge is 0.248 e. The Morgan fingerprint density at radius 2 is 1.91 bits per heavy atom. The summed E-state index contributed by atoms with van der Waals surface area (Å²) >= 11 is 0. The number of alkyl halides is 2. The van der Waals surface area contributed by atoms with Crippen molar-refractivity contribution in [1.82, 2.24) is 4.90 Å². The van der Waals surface area contributed by atoms with Gasteiger partial charge in [-0.15, -0.1) is 0 Å². The van der Waals surface area contributed by atoms with E-state index in [2.05, 4.69) is 13.2 Å². The zero-order valence-corrected chi connectivity index (χ0v) is 14.3. The number of likely N-dealkylation sites (N-methyl/N-ethyl adjacent to an activating group) is 1. The number of allylic oxidation sites excluding steroid dienone is 4. The van der Waals surface area contributed by atoms with Crippen LogP contribution in [0.25, 0.3) is 0 Å². The molecule has 126 valence electrons.